The second-order valence-electron chi connectivity index (χ2n) is 2.27. The summed E-state index contributed by atoms with van der Waals surface area (Å²) in [4.78, 5) is 0. The zero-order valence-corrected chi connectivity index (χ0v) is 6.13. The first-order chi connectivity index (χ1) is 5.33. The molecule has 0 spiro atoms. The highest BCUT2D eigenvalue weighted by Crippen LogP contribution is 2.06. The molecule has 0 bridgehead atoms. The third kappa shape index (κ3) is 2.68. The average Bonchev–Trinajstić information content (AvgIpc) is 2.04. The molecule has 0 heterocycles. The molecule has 1 aromatic carbocycles. The van der Waals surface area contributed by atoms with Gasteiger partial charge in [0.1, 0.15) is 5.82 Å². The van der Waals surface area contributed by atoms with E-state index in [1.807, 2.05) is 6.42 Å². The summed E-state index contributed by atoms with van der Waals surface area (Å²) in [6.45, 7) is 0.136. The summed E-state index contributed by atoms with van der Waals surface area (Å²) in [5, 5.41) is 8.48. The third-order valence-electron chi connectivity index (χ3n) is 1.38. The van der Waals surface area contributed by atoms with Crippen LogP contribution in [-0.4, -0.2) is 11.7 Å². The van der Waals surface area contributed by atoms with Crippen molar-refractivity contribution < 1.29 is 9.50 Å². The Morgan fingerprint density at radius 3 is 2.45 bits per heavy atom. The second kappa shape index (κ2) is 4.09. The van der Waals surface area contributed by atoms with Crippen LogP contribution >= 0.6 is 0 Å². The molecule has 0 aliphatic carbocycles. The molecule has 0 aliphatic rings. The fourth-order valence-electron chi connectivity index (χ4n) is 0.830. The molecule has 0 amide bonds. The lowest BCUT2D eigenvalue weighted by molar-refractivity contribution is 0.299. The zero-order chi connectivity index (χ0) is 8.10. The Bertz CT molecular complexity index is 205. The smallest absolute Gasteiger partial charge is 0.123 e. The van der Waals surface area contributed by atoms with E-state index in [0.29, 0.717) is 6.42 Å². The van der Waals surface area contributed by atoms with Crippen molar-refractivity contribution in [1.82, 2.24) is 0 Å². The van der Waals surface area contributed by atoms with Crippen molar-refractivity contribution >= 4 is 0 Å². The van der Waals surface area contributed by atoms with Crippen LogP contribution in [0, 0.1) is 12.2 Å². The fourth-order valence-corrected chi connectivity index (χ4v) is 0.830. The molecule has 1 aromatic rings. The molecule has 59 valence electrons. The predicted molar refractivity (Wildman–Crippen MR) is 41.5 cm³/mol. The summed E-state index contributed by atoms with van der Waals surface area (Å²) in [7, 11) is 0. The molecule has 1 rings (SSSR count). The molecule has 0 atom stereocenters. The molecule has 0 unspecified atom stereocenters. The maximum atomic E-state index is 12.3. The Morgan fingerprint density at radius 1 is 1.27 bits per heavy atom. The maximum absolute atomic E-state index is 12.3. The first-order valence-corrected chi connectivity index (χ1v) is 3.52. The highest BCUT2D eigenvalue weighted by Gasteiger charge is 1.92. The van der Waals surface area contributed by atoms with Gasteiger partial charge in [0, 0.05) is 6.61 Å². The van der Waals surface area contributed by atoms with E-state index >= 15 is 0 Å². The first kappa shape index (κ1) is 8.21. The number of rotatable bonds is 3. The van der Waals surface area contributed by atoms with Crippen LogP contribution in [0.4, 0.5) is 4.39 Å². The van der Waals surface area contributed by atoms with Gasteiger partial charge in [-0.1, -0.05) is 12.1 Å². The third-order valence-corrected chi connectivity index (χ3v) is 1.38. The van der Waals surface area contributed by atoms with Crippen molar-refractivity contribution in [2.24, 2.45) is 0 Å². The molecule has 1 radical (unpaired) electrons. The summed E-state index contributed by atoms with van der Waals surface area (Å²) >= 11 is 0. The van der Waals surface area contributed by atoms with Crippen LogP contribution in [0.15, 0.2) is 24.3 Å². The predicted octanol–water partition coefficient (Wildman–Crippen LogP) is 1.76. The lowest BCUT2D eigenvalue weighted by Gasteiger charge is -1.96. The SMILES string of the molecule is OCC[CH]c1ccc(F)cc1. The van der Waals surface area contributed by atoms with Gasteiger partial charge in [-0.15, -0.1) is 0 Å². The van der Waals surface area contributed by atoms with Crippen LogP contribution in [0.3, 0.4) is 0 Å². The highest BCUT2D eigenvalue weighted by molar-refractivity contribution is 5.22. The van der Waals surface area contributed by atoms with Crippen LogP contribution in [0.25, 0.3) is 0 Å². The van der Waals surface area contributed by atoms with Crippen molar-refractivity contribution in [1.29, 1.82) is 0 Å². The minimum absolute atomic E-state index is 0.136. The van der Waals surface area contributed by atoms with Crippen molar-refractivity contribution in [2.75, 3.05) is 6.61 Å². The van der Waals surface area contributed by atoms with E-state index in [2.05, 4.69) is 0 Å². The Balaban J connectivity index is 2.52. The summed E-state index contributed by atoms with van der Waals surface area (Å²) < 4.78 is 12.3. The minimum atomic E-state index is -0.230. The number of benzene rings is 1. The topological polar surface area (TPSA) is 20.2 Å². The first-order valence-electron chi connectivity index (χ1n) is 3.52. The van der Waals surface area contributed by atoms with E-state index in [-0.39, 0.29) is 12.4 Å². The summed E-state index contributed by atoms with van der Waals surface area (Å²) in [5.41, 5.74) is 0.945. The summed E-state index contributed by atoms with van der Waals surface area (Å²) in [6.07, 6.45) is 2.48. The average molecular weight is 153 g/mol. The van der Waals surface area contributed by atoms with Gasteiger partial charge in [0.15, 0.2) is 0 Å². The second-order valence-corrected chi connectivity index (χ2v) is 2.27. The van der Waals surface area contributed by atoms with Crippen LogP contribution in [0.2, 0.25) is 0 Å². The van der Waals surface area contributed by atoms with E-state index < -0.39 is 0 Å². The highest BCUT2D eigenvalue weighted by atomic mass is 19.1. The van der Waals surface area contributed by atoms with E-state index in [4.69, 9.17) is 5.11 Å². The van der Waals surface area contributed by atoms with Crippen LogP contribution in [-0.2, 0) is 0 Å². The van der Waals surface area contributed by atoms with Gasteiger partial charge in [0.25, 0.3) is 0 Å². The monoisotopic (exact) mass is 153 g/mol. The van der Waals surface area contributed by atoms with E-state index in [9.17, 15) is 4.39 Å². The number of aliphatic hydroxyl groups is 1. The van der Waals surface area contributed by atoms with E-state index in [1.54, 1.807) is 12.1 Å². The molecule has 0 aliphatic heterocycles. The largest absolute Gasteiger partial charge is 0.396 e. The van der Waals surface area contributed by atoms with Crippen LogP contribution < -0.4 is 0 Å². The van der Waals surface area contributed by atoms with E-state index in [1.165, 1.54) is 12.1 Å². The maximum Gasteiger partial charge on any atom is 0.123 e. The van der Waals surface area contributed by atoms with Gasteiger partial charge in [-0.05, 0) is 30.5 Å². The molecule has 1 N–H and O–H groups in total. The molecule has 0 aromatic heterocycles. The summed E-state index contributed by atoms with van der Waals surface area (Å²) in [6, 6.07) is 6.18. The number of aliphatic hydroxyl groups excluding tert-OH is 1. The van der Waals surface area contributed by atoms with Gasteiger partial charge in [-0.2, -0.15) is 0 Å². The Morgan fingerprint density at radius 2 is 1.91 bits per heavy atom. The Hall–Kier alpha value is -0.890. The Kier molecular flexibility index (Phi) is 3.05. The van der Waals surface area contributed by atoms with Gasteiger partial charge >= 0.3 is 0 Å². The molecule has 2 heteroatoms. The molecular formula is C9H10FO. The number of halogens is 1. The molecular weight excluding hydrogens is 143 g/mol. The van der Waals surface area contributed by atoms with Crippen LogP contribution in [0.5, 0.6) is 0 Å². The minimum Gasteiger partial charge on any atom is -0.396 e. The zero-order valence-electron chi connectivity index (χ0n) is 6.13. The molecule has 0 fully saturated rings. The summed E-state index contributed by atoms with van der Waals surface area (Å²) in [5.74, 6) is -0.230. The van der Waals surface area contributed by atoms with Crippen molar-refractivity contribution in [3.05, 3.63) is 42.1 Å². The van der Waals surface area contributed by atoms with Crippen molar-refractivity contribution in [2.45, 2.75) is 6.42 Å². The Labute approximate surface area is 65.5 Å². The van der Waals surface area contributed by atoms with Crippen LogP contribution in [0.1, 0.15) is 12.0 Å². The van der Waals surface area contributed by atoms with Crippen molar-refractivity contribution in [3.63, 3.8) is 0 Å². The van der Waals surface area contributed by atoms with Gasteiger partial charge in [0.05, 0.1) is 0 Å². The quantitative estimate of drug-likeness (QED) is 0.701. The standard InChI is InChI=1S/C9H10FO/c10-9-5-3-8(4-6-9)2-1-7-11/h2-6,11H,1,7H2. The molecule has 11 heavy (non-hydrogen) atoms. The number of hydrogen-bond donors (Lipinski definition) is 1. The number of hydrogen-bond acceptors (Lipinski definition) is 1. The van der Waals surface area contributed by atoms with Gasteiger partial charge in [-0.25, -0.2) is 4.39 Å². The van der Waals surface area contributed by atoms with Gasteiger partial charge < -0.3 is 5.11 Å². The fraction of sp³-hybridized carbons (Fsp3) is 0.222. The molecule has 0 saturated carbocycles. The molecule has 0 saturated heterocycles. The lowest BCUT2D eigenvalue weighted by atomic mass is 10.1. The van der Waals surface area contributed by atoms with Gasteiger partial charge in [-0.3, -0.25) is 0 Å². The van der Waals surface area contributed by atoms with Gasteiger partial charge in [0.2, 0.25) is 0 Å². The normalized spacial score (nSPS) is 10.0. The lowest BCUT2D eigenvalue weighted by Crippen LogP contribution is -1.86. The van der Waals surface area contributed by atoms with E-state index in [0.717, 1.165) is 5.56 Å². The molecule has 1 nitrogen and oxygen atoms in total. The van der Waals surface area contributed by atoms with Crippen molar-refractivity contribution in [3.8, 4) is 0 Å².